The molecule has 0 bridgehead atoms. The summed E-state index contributed by atoms with van der Waals surface area (Å²) in [4.78, 5) is 13.2. The molecule has 0 atom stereocenters. The average molecular weight is 287 g/mol. The van der Waals surface area contributed by atoms with Crippen molar-refractivity contribution in [1.29, 1.82) is 0 Å². The largest absolute Gasteiger partial charge is 0.496 e. The number of hydrogen-bond donors (Lipinski definition) is 1. The van der Waals surface area contributed by atoms with Gasteiger partial charge in [0.1, 0.15) is 5.75 Å². The Morgan fingerprint density at radius 2 is 2.25 bits per heavy atom. The molecule has 0 aliphatic carbocycles. The summed E-state index contributed by atoms with van der Waals surface area (Å²) in [6, 6.07) is 5.27. The number of ether oxygens (including phenoxy) is 1. The van der Waals surface area contributed by atoms with Crippen LogP contribution in [0.25, 0.3) is 0 Å². The fourth-order valence-electron chi connectivity index (χ4n) is 1.11. The van der Waals surface area contributed by atoms with E-state index in [0.717, 1.165) is 15.9 Å². The summed E-state index contributed by atoms with van der Waals surface area (Å²) < 4.78 is 5.92. The van der Waals surface area contributed by atoms with Crippen molar-refractivity contribution < 1.29 is 9.53 Å². The molecule has 5 heteroatoms. The van der Waals surface area contributed by atoms with Crippen LogP contribution in [0.1, 0.15) is 6.92 Å². The van der Waals surface area contributed by atoms with Crippen LogP contribution in [-0.2, 0) is 0 Å². The molecule has 2 amide bonds. The van der Waals surface area contributed by atoms with Gasteiger partial charge in [-0.15, -0.1) is 0 Å². The lowest BCUT2D eigenvalue weighted by Gasteiger charge is -2.15. The van der Waals surface area contributed by atoms with E-state index < -0.39 is 0 Å². The summed E-state index contributed by atoms with van der Waals surface area (Å²) in [7, 11) is 3.34. The molecule has 0 radical (unpaired) electrons. The van der Waals surface area contributed by atoms with Gasteiger partial charge in [-0.1, -0.05) is 0 Å². The van der Waals surface area contributed by atoms with Gasteiger partial charge in [-0.05, 0) is 41.1 Å². The van der Waals surface area contributed by atoms with Gasteiger partial charge in [-0.25, -0.2) is 4.79 Å². The van der Waals surface area contributed by atoms with E-state index in [-0.39, 0.29) is 6.03 Å². The maximum Gasteiger partial charge on any atom is 0.321 e. The summed E-state index contributed by atoms with van der Waals surface area (Å²) in [5.74, 6) is 0.738. The number of carbonyl (C=O) groups excluding carboxylic acids is 1. The van der Waals surface area contributed by atoms with Crippen LogP contribution in [0.4, 0.5) is 10.5 Å². The summed E-state index contributed by atoms with van der Waals surface area (Å²) in [6.07, 6.45) is 0. The van der Waals surface area contributed by atoms with E-state index in [1.54, 1.807) is 37.3 Å². The molecule has 0 aliphatic rings. The van der Waals surface area contributed by atoms with E-state index in [1.165, 1.54) is 0 Å². The van der Waals surface area contributed by atoms with E-state index in [4.69, 9.17) is 4.74 Å². The first kappa shape index (κ1) is 12.8. The standard InChI is InChI=1S/C11H15BrN2O2/c1-4-14(2)11(15)13-8-5-6-10(16-3)9(12)7-8/h5-7H,4H2,1-3H3,(H,13,15). The van der Waals surface area contributed by atoms with Crippen molar-refractivity contribution in [2.45, 2.75) is 6.92 Å². The predicted octanol–water partition coefficient (Wildman–Crippen LogP) is 2.94. The quantitative estimate of drug-likeness (QED) is 0.928. The third-order valence-corrected chi connectivity index (χ3v) is 2.84. The zero-order valence-electron chi connectivity index (χ0n) is 9.58. The van der Waals surface area contributed by atoms with Gasteiger partial charge in [0.05, 0.1) is 11.6 Å². The molecule has 4 nitrogen and oxygen atoms in total. The number of halogens is 1. The molecule has 0 heterocycles. The van der Waals surface area contributed by atoms with Crippen molar-refractivity contribution in [2.24, 2.45) is 0 Å². The lowest BCUT2D eigenvalue weighted by atomic mass is 10.3. The van der Waals surface area contributed by atoms with Crippen LogP contribution >= 0.6 is 15.9 Å². The van der Waals surface area contributed by atoms with Crippen molar-refractivity contribution in [3.63, 3.8) is 0 Å². The van der Waals surface area contributed by atoms with E-state index in [9.17, 15) is 4.79 Å². The minimum Gasteiger partial charge on any atom is -0.496 e. The summed E-state index contributed by atoms with van der Waals surface area (Å²) >= 11 is 3.36. The fourth-order valence-corrected chi connectivity index (χ4v) is 1.65. The first-order valence-corrected chi connectivity index (χ1v) is 5.73. The van der Waals surface area contributed by atoms with Gasteiger partial charge in [-0.2, -0.15) is 0 Å². The van der Waals surface area contributed by atoms with Crippen molar-refractivity contribution in [2.75, 3.05) is 26.0 Å². The van der Waals surface area contributed by atoms with Crippen LogP contribution in [0, 0.1) is 0 Å². The van der Waals surface area contributed by atoms with Gasteiger partial charge in [0, 0.05) is 19.3 Å². The predicted molar refractivity (Wildman–Crippen MR) is 68.0 cm³/mol. The van der Waals surface area contributed by atoms with Crippen molar-refractivity contribution in [3.05, 3.63) is 22.7 Å². The number of hydrogen-bond acceptors (Lipinski definition) is 2. The molecule has 0 spiro atoms. The molecule has 1 rings (SSSR count). The Morgan fingerprint density at radius 3 is 2.75 bits per heavy atom. The zero-order valence-corrected chi connectivity index (χ0v) is 11.2. The Bertz CT molecular complexity index is 382. The highest BCUT2D eigenvalue weighted by Gasteiger charge is 2.07. The molecule has 0 unspecified atom stereocenters. The van der Waals surface area contributed by atoms with E-state index in [1.807, 2.05) is 6.92 Å². The molecule has 1 aromatic rings. The molecule has 0 aliphatic heterocycles. The van der Waals surface area contributed by atoms with E-state index in [0.29, 0.717) is 6.54 Å². The topological polar surface area (TPSA) is 41.6 Å². The van der Waals surface area contributed by atoms with Crippen LogP contribution in [0.3, 0.4) is 0 Å². The summed E-state index contributed by atoms with van der Waals surface area (Å²) in [5, 5.41) is 2.79. The molecule has 0 saturated heterocycles. The number of carbonyl (C=O) groups is 1. The number of nitrogens with one attached hydrogen (secondary N) is 1. The monoisotopic (exact) mass is 286 g/mol. The average Bonchev–Trinajstić information content (AvgIpc) is 2.28. The van der Waals surface area contributed by atoms with Crippen molar-refractivity contribution in [3.8, 4) is 5.75 Å². The molecule has 1 N–H and O–H groups in total. The van der Waals surface area contributed by atoms with Crippen LogP contribution in [-0.4, -0.2) is 31.6 Å². The number of nitrogens with zero attached hydrogens (tertiary/aromatic N) is 1. The Labute approximate surface area is 104 Å². The highest BCUT2D eigenvalue weighted by atomic mass is 79.9. The second-order valence-corrected chi connectivity index (χ2v) is 4.15. The van der Waals surface area contributed by atoms with Crippen LogP contribution < -0.4 is 10.1 Å². The lowest BCUT2D eigenvalue weighted by molar-refractivity contribution is 0.224. The van der Waals surface area contributed by atoms with Crippen molar-refractivity contribution in [1.82, 2.24) is 4.90 Å². The zero-order chi connectivity index (χ0) is 12.1. The number of methoxy groups -OCH3 is 1. The number of amides is 2. The third-order valence-electron chi connectivity index (χ3n) is 2.22. The van der Waals surface area contributed by atoms with Gasteiger partial charge in [0.25, 0.3) is 0 Å². The van der Waals surface area contributed by atoms with E-state index >= 15 is 0 Å². The number of urea groups is 1. The second-order valence-electron chi connectivity index (χ2n) is 3.29. The Balaban J connectivity index is 2.75. The molecular weight excluding hydrogens is 272 g/mol. The lowest BCUT2D eigenvalue weighted by Crippen LogP contribution is -2.30. The number of anilines is 1. The van der Waals surface area contributed by atoms with Gasteiger partial charge in [-0.3, -0.25) is 0 Å². The molecule has 16 heavy (non-hydrogen) atoms. The van der Waals surface area contributed by atoms with Gasteiger partial charge in [0.15, 0.2) is 0 Å². The van der Waals surface area contributed by atoms with Gasteiger partial charge in [0.2, 0.25) is 0 Å². The fraction of sp³-hybridized carbons (Fsp3) is 0.364. The van der Waals surface area contributed by atoms with E-state index in [2.05, 4.69) is 21.2 Å². The van der Waals surface area contributed by atoms with Gasteiger partial charge >= 0.3 is 6.03 Å². The smallest absolute Gasteiger partial charge is 0.321 e. The summed E-state index contributed by atoms with van der Waals surface area (Å²) in [5.41, 5.74) is 0.734. The van der Waals surface area contributed by atoms with Crippen LogP contribution in [0.15, 0.2) is 22.7 Å². The second kappa shape index (κ2) is 5.75. The normalized spacial score (nSPS) is 9.75. The molecule has 0 aromatic heterocycles. The first-order valence-electron chi connectivity index (χ1n) is 4.94. The van der Waals surface area contributed by atoms with Crippen LogP contribution in [0.5, 0.6) is 5.75 Å². The first-order chi connectivity index (χ1) is 7.58. The molecule has 1 aromatic carbocycles. The summed E-state index contributed by atoms with van der Waals surface area (Å²) in [6.45, 7) is 2.59. The Hall–Kier alpha value is -1.23. The Morgan fingerprint density at radius 1 is 1.56 bits per heavy atom. The Kier molecular flexibility index (Phi) is 4.61. The third kappa shape index (κ3) is 3.13. The molecule has 0 saturated carbocycles. The highest BCUT2D eigenvalue weighted by Crippen LogP contribution is 2.27. The number of rotatable bonds is 3. The molecular formula is C11H15BrN2O2. The maximum absolute atomic E-state index is 11.6. The minimum absolute atomic E-state index is 0.125. The highest BCUT2D eigenvalue weighted by molar-refractivity contribution is 9.10. The SMILES string of the molecule is CCN(C)C(=O)Nc1ccc(OC)c(Br)c1. The van der Waals surface area contributed by atoms with Crippen molar-refractivity contribution >= 4 is 27.6 Å². The number of benzene rings is 1. The van der Waals surface area contributed by atoms with Gasteiger partial charge < -0.3 is 15.0 Å². The molecule has 88 valence electrons. The van der Waals surface area contributed by atoms with Crippen LogP contribution in [0.2, 0.25) is 0 Å². The maximum atomic E-state index is 11.6. The minimum atomic E-state index is -0.125. The molecule has 0 fully saturated rings.